The number of ether oxygens (including phenoxy) is 3. The second-order valence-corrected chi connectivity index (χ2v) is 10.8. The highest BCUT2D eigenvalue weighted by atomic mass is 19.2. The Hall–Kier alpha value is -1.11. The van der Waals surface area contributed by atoms with Gasteiger partial charge in [-0.15, -0.1) is 0 Å². The van der Waals surface area contributed by atoms with E-state index in [1.165, 1.54) is 12.8 Å². The molecule has 0 bridgehead atoms. The van der Waals surface area contributed by atoms with Crippen molar-refractivity contribution in [3.8, 4) is 0 Å². The van der Waals surface area contributed by atoms with Gasteiger partial charge in [-0.3, -0.25) is 0 Å². The molecule has 34 heavy (non-hydrogen) atoms. The lowest BCUT2D eigenvalue weighted by molar-refractivity contribution is -0.341. The third-order valence-electron chi connectivity index (χ3n) is 8.47. The predicted molar refractivity (Wildman–Crippen MR) is 126 cm³/mol. The average Bonchev–Trinajstić information content (AvgIpc) is 2.86. The van der Waals surface area contributed by atoms with E-state index >= 15 is 0 Å². The SMILES string of the molecule is CCCC1(F)COC(OCC2CCC(C3CCC(c4ccc(CC)c(F)c4F)CC3)CC2)OC1. The first kappa shape index (κ1) is 26.0. The lowest BCUT2D eigenvalue weighted by Crippen LogP contribution is -2.45. The van der Waals surface area contributed by atoms with Gasteiger partial charge >= 0.3 is 0 Å². The molecule has 1 aliphatic heterocycles. The molecule has 1 aromatic carbocycles. The molecule has 4 rings (SSSR count). The van der Waals surface area contributed by atoms with E-state index in [-0.39, 0.29) is 19.1 Å². The summed E-state index contributed by atoms with van der Waals surface area (Å²) in [5, 5.41) is 0. The van der Waals surface area contributed by atoms with Gasteiger partial charge in [-0.05, 0) is 99.0 Å². The lowest BCUT2D eigenvalue weighted by Gasteiger charge is -2.38. The van der Waals surface area contributed by atoms with Gasteiger partial charge in [-0.1, -0.05) is 32.4 Å². The van der Waals surface area contributed by atoms with E-state index in [9.17, 15) is 13.2 Å². The van der Waals surface area contributed by atoms with Gasteiger partial charge in [0.15, 0.2) is 17.3 Å². The zero-order valence-electron chi connectivity index (χ0n) is 20.8. The van der Waals surface area contributed by atoms with Crippen LogP contribution in [0.25, 0.3) is 0 Å². The molecule has 0 atom stereocenters. The van der Waals surface area contributed by atoms with Crippen LogP contribution < -0.4 is 0 Å². The van der Waals surface area contributed by atoms with Crippen molar-refractivity contribution in [1.29, 1.82) is 0 Å². The molecule has 1 saturated heterocycles. The summed E-state index contributed by atoms with van der Waals surface area (Å²) in [4.78, 5) is 0. The van der Waals surface area contributed by atoms with E-state index in [0.717, 1.165) is 44.9 Å². The van der Waals surface area contributed by atoms with Gasteiger partial charge in [-0.25, -0.2) is 13.2 Å². The zero-order valence-corrected chi connectivity index (χ0v) is 20.8. The summed E-state index contributed by atoms with van der Waals surface area (Å²) in [5.74, 6) is 0.735. The number of halogens is 3. The third kappa shape index (κ3) is 6.17. The molecule has 3 fully saturated rings. The predicted octanol–water partition coefficient (Wildman–Crippen LogP) is 7.46. The van der Waals surface area contributed by atoms with Gasteiger partial charge in [0.1, 0.15) is 0 Å². The van der Waals surface area contributed by atoms with Crippen LogP contribution in [0.2, 0.25) is 0 Å². The minimum Gasteiger partial charge on any atom is -0.330 e. The lowest BCUT2D eigenvalue weighted by atomic mass is 9.68. The van der Waals surface area contributed by atoms with Crippen LogP contribution in [-0.2, 0) is 20.6 Å². The van der Waals surface area contributed by atoms with Gasteiger partial charge < -0.3 is 14.2 Å². The van der Waals surface area contributed by atoms with Crippen molar-refractivity contribution in [1.82, 2.24) is 0 Å². The van der Waals surface area contributed by atoms with E-state index in [0.29, 0.717) is 48.3 Å². The molecule has 3 nitrogen and oxygen atoms in total. The number of benzene rings is 1. The van der Waals surface area contributed by atoms with Crippen LogP contribution in [0.1, 0.15) is 95.1 Å². The second kappa shape index (κ2) is 11.7. The van der Waals surface area contributed by atoms with Crippen LogP contribution in [0.5, 0.6) is 0 Å². The van der Waals surface area contributed by atoms with Crippen molar-refractivity contribution in [2.45, 2.75) is 103 Å². The van der Waals surface area contributed by atoms with Crippen molar-refractivity contribution in [2.75, 3.05) is 19.8 Å². The maximum atomic E-state index is 14.6. The molecular formula is C28H41F3O3. The Morgan fingerprint density at radius 3 is 2.09 bits per heavy atom. The molecule has 1 aromatic rings. The molecule has 0 aromatic heterocycles. The largest absolute Gasteiger partial charge is 0.330 e. The summed E-state index contributed by atoms with van der Waals surface area (Å²) in [5.41, 5.74) is -0.352. The van der Waals surface area contributed by atoms with E-state index in [1.807, 2.05) is 19.9 Å². The first-order valence-corrected chi connectivity index (χ1v) is 13.4. The fraction of sp³-hybridized carbons (Fsp3) is 0.786. The molecule has 0 spiro atoms. The molecule has 0 N–H and O–H groups in total. The normalized spacial score (nSPS) is 34.8. The number of alkyl halides is 1. The first-order valence-electron chi connectivity index (χ1n) is 13.4. The quantitative estimate of drug-likeness (QED) is 0.385. The van der Waals surface area contributed by atoms with Gasteiger partial charge in [-0.2, -0.15) is 0 Å². The van der Waals surface area contributed by atoms with E-state index < -0.39 is 23.8 Å². The molecule has 6 heteroatoms. The Labute approximate surface area is 202 Å². The first-order chi connectivity index (χ1) is 16.4. The summed E-state index contributed by atoms with van der Waals surface area (Å²) in [6.07, 6.45) is 10.4. The van der Waals surface area contributed by atoms with Crippen molar-refractivity contribution < 1.29 is 27.4 Å². The molecule has 0 unspecified atom stereocenters. The number of rotatable bonds is 8. The number of hydrogen-bond acceptors (Lipinski definition) is 3. The summed E-state index contributed by atoms with van der Waals surface area (Å²) in [6.45, 7) is 3.74. The van der Waals surface area contributed by atoms with Crippen LogP contribution in [-0.4, -0.2) is 32.0 Å². The highest BCUT2D eigenvalue weighted by Crippen LogP contribution is 2.44. The molecule has 1 heterocycles. The van der Waals surface area contributed by atoms with Crippen LogP contribution in [0.4, 0.5) is 13.2 Å². The molecule has 2 saturated carbocycles. The summed E-state index contributed by atoms with van der Waals surface area (Å²) in [7, 11) is 0. The van der Waals surface area contributed by atoms with Crippen LogP contribution in [0.3, 0.4) is 0 Å². The highest BCUT2D eigenvalue weighted by molar-refractivity contribution is 5.29. The van der Waals surface area contributed by atoms with Gasteiger partial charge in [0, 0.05) is 0 Å². The van der Waals surface area contributed by atoms with Crippen LogP contribution in [0, 0.1) is 29.4 Å². The Kier molecular flexibility index (Phi) is 8.97. The summed E-state index contributed by atoms with van der Waals surface area (Å²) >= 11 is 0. The van der Waals surface area contributed by atoms with Crippen molar-refractivity contribution in [3.05, 3.63) is 34.9 Å². The maximum absolute atomic E-state index is 14.6. The number of hydrogen-bond donors (Lipinski definition) is 0. The molecule has 0 radical (unpaired) electrons. The van der Waals surface area contributed by atoms with Gasteiger partial charge in [0.25, 0.3) is 6.48 Å². The topological polar surface area (TPSA) is 27.7 Å². The Balaban J connectivity index is 1.16. The van der Waals surface area contributed by atoms with Gasteiger partial charge in [0.05, 0.1) is 19.8 Å². The maximum Gasteiger partial charge on any atom is 0.271 e. The van der Waals surface area contributed by atoms with E-state index in [1.54, 1.807) is 6.07 Å². The molecule has 192 valence electrons. The van der Waals surface area contributed by atoms with Crippen molar-refractivity contribution >= 4 is 0 Å². The van der Waals surface area contributed by atoms with Crippen molar-refractivity contribution in [2.24, 2.45) is 17.8 Å². The zero-order chi connectivity index (χ0) is 24.1. The van der Waals surface area contributed by atoms with Crippen molar-refractivity contribution in [3.63, 3.8) is 0 Å². The van der Waals surface area contributed by atoms with Crippen LogP contribution in [0.15, 0.2) is 12.1 Å². The second-order valence-electron chi connectivity index (χ2n) is 10.8. The van der Waals surface area contributed by atoms with Gasteiger partial charge in [0.2, 0.25) is 0 Å². The fourth-order valence-corrected chi connectivity index (χ4v) is 6.35. The fourth-order valence-electron chi connectivity index (χ4n) is 6.35. The third-order valence-corrected chi connectivity index (χ3v) is 8.47. The smallest absolute Gasteiger partial charge is 0.271 e. The molecule has 2 aliphatic carbocycles. The monoisotopic (exact) mass is 482 g/mol. The van der Waals surface area contributed by atoms with E-state index in [2.05, 4.69) is 0 Å². The Morgan fingerprint density at radius 2 is 1.50 bits per heavy atom. The standard InChI is InChI=1S/C28H41F3O3/c1-3-15-28(31)17-33-27(34-18-28)32-16-19-5-7-21(8-6-19)22-9-11-23(12-10-22)24-14-13-20(4-2)25(29)26(24)30/h13-14,19,21-23,27H,3-12,15-18H2,1-2H3. The summed E-state index contributed by atoms with van der Waals surface area (Å²) in [6, 6.07) is 3.57. The number of aryl methyl sites for hydroxylation is 1. The highest BCUT2D eigenvalue weighted by Gasteiger charge is 2.37. The van der Waals surface area contributed by atoms with Crippen LogP contribution >= 0.6 is 0 Å². The minimum absolute atomic E-state index is 0.0419. The Bertz CT molecular complexity index is 777. The Morgan fingerprint density at radius 1 is 0.882 bits per heavy atom. The summed E-state index contributed by atoms with van der Waals surface area (Å²) < 4.78 is 60.0. The molecule has 0 amide bonds. The van der Waals surface area contributed by atoms with E-state index in [4.69, 9.17) is 14.2 Å². The minimum atomic E-state index is -1.38. The molecule has 3 aliphatic rings. The average molecular weight is 483 g/mol. The molecular weight excluding hydrogens is 441 g/mol.